The first-order chi connectivity index (χ1) is 6.26. The third kappa shape index (κ3) is 3.44. The number of morpholine rings is 1. The van der Waals surface area contributed by atoms with Crippen molar-refractivity contribution in [2.45, 2.75) is 32.8 Å². The Kier molecular flexibility index (Phi) is 4.39. The van der Waals surface area contributed by atoms with E-state index >= 15 is 0 Å². The molecule has 0 bridgehead atoms. The molecule has 0 aromatic carbocycles. The van der Waals surface area contributed by atoms with Crippen LogP contribution >= 0.6 is 0 Å². The van der Waals surface area contributed by atoms with Gasteiger partial charge in [-0.05, 0) is 6.42 Å². The van der Waals surface area contributed by atoms with Crippen LogP contribution in [0.25, 0.3) is 0 Å². The molecule has 0 radical (unpaired) electrons. The molecule has 0 saturated carbocycles. The smallest absolute Gasteiger partial charge is 0.146 e. The molecule has 3 heteroatoms. The number of carbonyl (C=O) groups excluding carboxylic acids is 1. The normalized spacial score (nSPS) is 24.6. The van der Waals surface area contributed by atoms with Gasteiger partial charge in [0.2, 0.25) is 0 Å². The monoisotopic (exact) mass is 185 g/mol. The highest BCUT2D eigenvalue weighted by Gasteiger charge is 2.19. The predicted molar refractivity (Wildman–Crippen MR) is 51.8 cm³/mol. The fourth-order valence-corrected chi connectivity index (χ4v) is 1.53. The van der Waals surface area contributed by atoms with Crippen molar-refractivity contribution in [3.05, 3.63) is 0 Å². The van der Waals surface area contributed by atoms with Crippen LogP contribution in [-0.2, 0) is 9.53 Å². The van der Waals surface area contributed by atoms with E-state index in [9.17, 15) is 4.79 Å². The van der Waals surface area contributed by atoms with Gasteiger partial charge in [-0.25, -0.2) is 0 Å². The largest absolute Gasteiger partial charge is 0.376 e. The van der Waals surface area contributed by atoms with Gasteiger partial charge >= 0.3 is 0 Å². The van der Waals surface area contributed by atoms with Crippen molar-refractivity contribution in [2.24, 2.45) is 0 Å². The first kappa shape index (κ1) is 10.7. The van der Waals surface area contributed by atoms with E-state index in [1.54, 1.807) is 0 Å². The molecule has 0 aliphatic carbocycles. The van der Waals surface area contributed by atoms with Gasteiger partial charge in [0.25, 0.3) is 0 Å². The van der Waals surface area contributed by atoms with E-state index in [2.05, 4.69) is 11.8 Å². The van der Waals surface area contributed by atoms with Gasteiger partial charge in [0.15, 0.2) is 0 Å². The van der Waals surface area contributed by atoms with E-state index in [0.29, 0.717) is 24.9 Å². The summed E-state index contributed by atoms with van der Waals surface area (Å²) in [6.07, 6.45) is 2.02. The summed E-state index contributed by atoms with van der Waals surface area (Å²) in [6, 6.07) is 0. The van der Waals surface area contributed by atoms with E-state index in [-0.39, 0.29) is 0 Å². The molecule has 1 aliphatic heterocycles. The lowest BCUT2D eigenvalue weighted by Gasteiger charge is -2.31. The molecule has 13 heavy (non-hydrogen) atoms. The average Bonchev–Trinajstić information content (AvgIpc) is 2.18. The summed E-state index contributed by atoms with van der Waals surface area (Å²) in [5.74, 6) is 0.330. The van der Waals surface area contributed by atoms with Crippen LogP contribution in [-0.4, -0.2) is 43.0 Å². The summed E-state index contributed by atoms with van der Waals surface area (Å²) in [5.41, 5.74) is 0. The van der Waals surface area contributed by atoms with E-state index in [1.165, 1.54) is 0 Å². The number of nitrogens with zero attached hydrogens (tertiary/aromatic N) is 1. The minimum atomic E-state index is 0.330. The van der Waals surface area contributed by atoms with Gasteiger partial charge in [-0.1, -0.05) is 13.8 Å². The number of hydrogen-bond acceptors (Lipinski definition) is 3. The summed E-state index contributed by atoms with van der Waals surface area (Å²) in [6.45, 7) is 7.24. The van der Waals surface area contributed by atoms with Gasteiger partial charge < -0.3 is 4.74 Å². The summed E-state index contributed by atoms with van der Waals surface area (Å²) < 4.78 is 5.52. The number of ketones is 1. The highest BCUT2D eigenvalue weighted by molar-refractivity contribution is 5.80. The molecule has 76 valence electrons. The molecule has 1 heterocycles. The fraction of sp³-hybridized carbons (Fsp3) is 0.900. The number of Topliss-reactive ketones (excluding diaryl/α,β-unsaturated/α-hetero) is 1. The van der Waals surface area contributed by atoms with Crippen LogP contribution in [0.2, 0.25) is 0 Å². The van der Waals surface area contributed by atoms with Crippen LogP contribution in [0.4, 0.5) is 0 Å². The minimum absolute atomic E-state index is 0.330. The van der Waals surface area contributed by atoms with Gasteiger partial charge in [-0.3, -0.25) is 9.69 Å². The lowest BCUT2D eigenvalue weighted by Crippen LogP contribution is -2.44. The van der Waals surface area contributed by atoms with Gasteiger partial charge in [0.05, 0.1) is 19.3 Å². The van der Waals surface area contributed by atoms with Crippen LogP contribution in [0.15, 0.2) is 0 Å². The molecule has 1 saturated heterocycles. The zero-order valence-corrected chi connectivity index (χ0v) is 8.58. The molecule has 0 spiro atoms. The third-order valence-corrected chi connectivity index (χ3v) is 2.47. The summed E-state index contributed by atoms with van der Waals surface area (Å²) in [5, 5.41) is 0. The van der Waals surface area contributed by atoms with Gasteiger partial charge in [-0.15, -0.1) is 0 Å². The number of carbonyl (C=O) groups is 1. The molecule has 1 unspecified atom stereocenters. The van der Waals surface area contributed by atoms with Crippen LogP contribution < -0.4 is 0 Å². The van der Waals surface area contributed by atoms with Gasteiger partial charge in [0, 0.05) is 19.5 Å². The minimum Gasteiger partial charge on any atom is -0.376 e. The van der Waals surface area contributed by atoms with Gasteiger partial charge in [0.1, 0.15) is 5.78 Å². The van der Waals surface area contributed by atoms with Crippen molar-refractivity contribution in [3.63, 3.8) is 0 Å². The molecule has 1 atom stereocenters. The van der Waals surface area contributed by atoms with Crippen molar-refractivity contribution in [1.29, 1.82) is 0 Å². The molecule has 1 fully saturated rings. The van der Waals surface area contributed by atoms with Crippen LogP contribution in [0, 0.1) is 0 Å². The number of rotatable bonds is 4. The van der Waals surface area contributed by atoms with Crippen molar-refractivity contribution in [1.82, 2.24) is 4.90 Å². The maximum Gasteiger partial charge on any atom is 0.146 e. The predicted octanol–water partition coefficient (Wildman–Crippen LogP) is 1.08. The van der Waals surface area contributed by atoms with Crippen LogP contribution in [0.5, 0.6) is 0 Å². The maximum absolute atomic E-state index is 11.2. The topological polar surface area (TPSA) is 29.5 Å². The number of ether oxygens (including phenoxy) is 1. The Labute approximate surface area is 80.1 Å². The Hall–Kier alpha value is -0.410. The van der Waals surface area contributed by atoms with Gasteiger partial charge in [-0.2, -0.15) is 0 Å². The van der Waals surface area contributed by atoms with Crippen LogP contribution in [0.1, 0.15) is 26.7 Å². The Balaban J connectivity index is 2.29. The van der Waals surface area contributed by atoms with Crippen molar-refractivity contribution in [3.8, 4) is 0 Å². The molecular formula is C10H19NO2. The quantitative estimate of drug-likeness (QED) is 0.656. The van der Waals surface area contributed by atoms with E-state index in [0.717, 1.165) is 26.1 Å². The first-order valence-electron chi connectivity index (χ1n) is 5.12. The molecule has 1 aliphatic rings. The maximum atomic E-state index is 11.2. The van der Waals surface area contributed by atoms with Crippen molar-refractivity contribution in [2.75, 3.05) is 26.2 Å². The second-order valence-corrected chi connectivity index (χ2v) is 3.53. The third-order valence-electron chi connectivity index (χ3n) is 2.47. The van der Waals surface area contributed by atoms with Crippen molar-refractivity contribution < 1.29 is 9.53 Å². The molecule has 1 rings (SSSR count). The summed E-state index contributed by atoms with van der Waals surface area (Å²) in [4.78, 5) is 13.4. The highest BCUT2D eigenvalue weighted by Crippen LogP contribution is 2.07. The zero-order chi connectivity index (χ0) is 9.68. The summed E-state index contributed by atoms with van der Waals surface area (Å²) in [7, 11) is 0. The number of hydrogen-bond donors (Lipinski definition) is 0. The lowest BCUT2D eigenvalue weighted by molar-refractivity contribution is -0.121. The van der Waals surface area contributed by atoms with E-state index in [4.69, 9.17) is 4.74 Å². The Morgan fingerprint density at radius 1 is 1.54 bits per heavy atom. The molecule has 0 amide bonds. The standard InChI is InChI=1S/C10H19NO2/c1-3-9(12)7-11-5-6-13-10(4-2)8-11/h10H,3-8H2,1-2H3. The zero-order valence-electron chi connectivity index (χ0n) is 8.58. The van der Waals surface area contributed by atoms with Crippen LogP contribution in [0.3, 0.4) is 0 Å². The summed E-state index contributed by atoms with van der Waals surface area (Å²) >= 11 is 0. The average molecular weight is 185 g/mol. The molecule has 0 N–H and O–H groups in total. The Morgan fingerprint density at radius 2 is 2.31 bits per heavy atom. The second-order valence-electron chi connectivity index (χ2n) is 3.53. The highest BCUT2D eigenvalue weighted by atomic mass is 16.5. The first-order valence-corrected chi connectivity index (χ1v) is 5.12. The molecular weight excluding hydrogens is 166 g/mol. The molecule has 0 aromatic rings. The second kappa shape index (κ2) is 5.35. The van der Waals surface area contributed by atoms with E-state index in [1.807, 2.05) is 6.92 Å². The fourth-order valence-electron chi connectivity index (χ4n) is 1.53. The Morgan fingerprint density at radius 3 is 2.92 bits per heavy atom. The van der Waals surface area contributed by atoms with Crippen molar-refractivity contribution >= 4 is 5.78 Å². The van der Waals surface area contributed by atoms with E-state index < -0.39 is 0 Å². The lowest BCUT2D eigenvalue weighted by atomic mass is 10.2. The SMILES string of the molecule is CCC(=O)CN1CCOC(CC)C1. The molecule has 3 nitrogen and oxygen atoms in total. The Bertz CT molecular complexity index is 170. The molecule has 0 aromatic heterocycles.